The summed E-state index contributed by atoms with van der Waals surface area (Å²) in [7, 11) is 0. The number of benzene rings is 1. The first-order valence-corrected chi connectivity index (χ1v) is 5.21. The number of nitro groups is 1. The molecule has 5 nitrogen and oxygen atoms in total. The monoisotopic (exact) mass is 252 g/mol. The highest BCUT2D eigenvalue weighted by Crippen LogP contribution is 2.25. The summed E-state index contributed by atoms with van der Waals surface area (Å²) >= 11 is 5.75. The van der Waals surface area contributed by atoms with Crippen LogP contribution in [0.25, 0.3) is 0 Å². The fourth-order valence-electron chi connectivity index (χ4n) is 1.44. The lowest BCUT2D eigenvalue weighted by Gasteiger charge is -2.08. The van der Waals surface area contributed by atoms with Gasteiger partial charge in [-0.25, -0.2) is 0 Å². The third kappa shape index (κ3) is 2.46. The Morgan fingerprint density at radius 3 is 2.41 bits per heavy atom. The maximum Gasteiger partial charge on any atom is 0.433 e. The fourth-order valence-corrected chi connectivity index (χ4v) is 1.57. The summed E-state index contributed by atoms with van der Waals surface area (Å²) in [6, 6.07) is 9.15. The van der Waals surface area contributed by atoms with Crippen molar-refractivity contribution in [1.82, 2.24) is 0 Å². The zero-order chi connectivity index (χ0) is 12.4. The molecule has 6 heteroatoms. The second-order valence-corrected chi connectivity index (χ2v) is 3.90. The van der Waals surface area contributed by atoms with Gasteiger partial charge in [0.2, 0.25) is 0 Å². The van der Waals surface area contributed by atoms with Crippen molar-refractivity contribution in [1.29, 1.82) is 0 Å². The van der Waals surface area contributed by atoms with E-state index in [1.54, 1.807) is 24.3 Å². The van der Waals surface area contributed by atoms with Crippen LogP contribution in [0.2, 0.25) is 5.02 Å². The third-order valence-corrected chi connectivity index (χ3v) is 2.58. The van der Waals surface area contributed by atoms with Gasteiger partial charge in [-0.2, -0.15) is 0 Å². The summed E-state index contributed by atoms with van der Waals surface area (Å²) in [5.74, 6) is 0.0310. The van der Waals surface area contributed by atoms with E-state index in [1.165, 1.54) is 12.1 Å². The Bertz CT molecular complexity index is 536. The molecule has 1 unspecified atom stereocenters. The largest absolute Gasteiger partial charge is 0.433 e. The summed E-state index contributed by atoms with van der Waals surface area (Å²) < 4.78 is 5.03. The Kier molecular flexibility index (Phi) is 3.12. The summed E-state index contributed by atoms with van der Waals surface area (Å²) in [5, 5.41) is 11.1. The van der Waals surface area contributed by atoms with E-state index < -0.39 is 11.0 Å². The Balaban J connectivity index is 2.27. The molecule has 0 aliphatic carbocycles. The van der Waals surface area contributed by atoms with Crippen molar-refractivity contribution in [3.05, 3.63) is 62.9 Å². The smallest absolute Gasteiger partial charge is 0.404 e. The molecule has 1 aromatic carbocycles. The topological polar surface area (TPSA) is 82.3 Å². The molecule has 2 aromatic rings. The molecule has 88 valence electrons. The summed E-state index contributed by atoms with van der Waals surface area (Å²) in [4.78, 5) is 9.87. The molecule has 0 bridgehead atoms. The highest BCUT2D eigenvalue weighted by atomic mass is 35.5. The van der Waals surface area contributed by atoms with Gasteiger partial charge in [0.15, 0.2) is 0 Å². The van der Waals surface area contributed by atoms with Crippen LogP contribution in [0.3, 0.4) is 0 Å². The average Bonchev–Trinajstić information content (AvgIpc) is 2.78. The van der Waals surface area contributed by atoms with Gasteiger partial charge in [-0.15, -0.1) is 0 Å². The molecule has 0 spiro atoms. The lowest BCUT2D eigenvalue weighted by Crippen LogP contribution is -2.10. The number of nitrogens with two attached hydrogens (primary N) is 1. The Hall–Kier alpha value is -1.85. The van der Waals surface area contributed by atoms with Crippen LogP contribution in [0.5, 0.6) is 0 Å². The van der Waals surface area contributed by atoms with Gasteiger partial charge in [-0.1, -0.05) is 23.7 Å². The molecule has 0 aliphatic rings. The predicted molar refractivity (Wildman–Crippen MR) is 62.8 cm³/mol. The lowest BCUT2D eigenvalue weighted by atomic mass is 10.1. The van der Waals surface area contributed by atoms with Crippen LogP contribution < -0.4 is 5.73 Å². The van der Waals surface area contributed by atoms with Crippen molar-refractivity contribution in [2.45, 2.75) is 6.04 Å². The van der Waals surface area contributed by atoms with Crippen molar-refractivity contribution >= 4 is 17.5 Å². The van der Waals surface area contributed by atoms with Crippen molar-refractivity contribution in [3.8, 4) is 0 Å². The summed E-state index contributed by atoms with van der Waals surface area (Å²) in [6.07, 6.45) is 0. The Morgan fingerprint density at radius 2 is 1.88 bits per heavy atom. The van der Waals surface area contributed by atoms with Gasteiger partial charge in [0.05, 0.1) is 12.1 Å². The van der Waals surface area contributed by atoms with Crippen molar-refractivity contribution in [2.75, 3.05) is 0 Å². The first kappa shape index (κ1) is 11.6. The normalized spacial score (nSPS) is 12.4. The molecule has 2 rings (SSSR count). The zero-order valence-electron chi connectivity index (χ0n) is 8.67. The molecule has 0 fully saturated rings. The number of furan rings is 1. The molecular formula is C11H9ClN2O3. The SMILES string of the molecule is NC(c1ccc(Cl)cc1)c1ccc([N+](=O)[O-])o1. The van der Waals surface area contributed by atoms with E-state index in [0.717, 1.165) is 5.56 Å². The van der Waals surface area contributed by atoms with E-state index in [1.807, 2.05) is 0 Å². The third-order valence-electron chi connectivity index (χ3n) is 2.33. The number of nitrogens with zero attached hydrogens (tertiary/aromatic N) is 1. The van der Waals surface area contributed by atoms with Gasteiger partial charge >= 0.3 is 5.88 Å². The lowest BCUT2D eigenvalue weighted by molar-refractivity contribution is -0.402. The van der Waals surface area contributed by atoms with E-state index in [2.05, 4.69) is 0 Å². The van der Waals surface area contributed by atoms with Gasteiger partial charge < -0.3 is 10.2 Å². The second kappa shape index (κ2) is 4.57. The van der Waals surface area contributed by atoms with Gasteiger partial charge in [0.25, 0.3) is 0 Å². The quantitative estimate of drug-likeness (QED) is 0.673. The molecule has 0 amide bonds. The standard InChI is InChI=1S/C11H9ClN2O3/c12-8-3-1-7(2-4-8)11(13)9-5-6-10(17-9)14(15)16/h1-6,11H,13H2. The first-order chi connectivity index (χ1) is 8.08. The number of hydrogen-bond donors (Lipinski definition) is 1. The van der Waals surface area contributed by atoms with Crippen LogP contribution in [0.15, 0.2) is 40.8 Å². The number of hydrogen-bond acceptors (Lipinski definition) is 4. The van der Waals surface area contributed by atoms with E-state index in [-0.39, 0.29) is 5.88 Å². The number of halogens is 1. The molecule has 1 heterocycles. The highest BCUT2D eigenvalue weighted by Gasteiger charge is 2.17. The Labute approximate surface area is 102 Å². The van der Waals surface area contributed by atoms with E-state index >= 15 is 0 Å². The Morgan fingerprint density at radius 1 is 1.24 bits per heavy atom. The molecule has 17 heavy (non-hydrogen) atoms. The molecule has 0 radical (unpaired) electrons. The minimum absolute atomic E-state index is 0.315. The van der Waals surface area contributed by atoms with Gasteiger partial charge in [-0.3, -0.25) is 10.1 Å². The molecule has 2 N–H and O–H groups in total. The van der Waals surface area contributed by atoms with Gasteiger partial charge in [0.1, 0.15) is 10.7 Å². The van der Waals surface area contributed by atoms with Crippen LogP contribution >= 0.6 is 11.6 Å². The highest BCUT2D eigenvalue weighted by molar-refractivity contribution is 6.30. The van der Waals surface area contributed by atoms with E-state index in [4.69, 9.17) is 21.8 Å². The fraction of sp³-hybridized carbons (Fsp3) is 0.0909. The maximum absolute atomic E-state index is 10.5. The average molecular weight is 253 g/mol. The molecule has 1 aromatic heterocycles. The van der Waals surface area contributed by atoms with Crippen LogP contribution in [-0.4, -0.2) is 4.92 Å². The van der Waals surface area contributed by atoms with E-state index in [0.29, 0.717) is 10.8 Å². The minimum atomic E-state index is -0.599. The van der Waals surface area contributed by atoms with Crippen molar-refractivity contribution < 1.29 is 9.34 Å². The molecule has 0 aliphatic heterocycles. The second-order valence-electron chi connectivity index (χ2n) is 3.46. The minimum Gasteiger partial charge on any atom is -0.404 e. The van der Waals surface area contributed by atoms with Gasteiger partial charge in [0, 0.05) is 5.02 Å². The van der Waals surface area contributed by atoms with Crippen molar-refractivity contribution in [2.24, 2.45) is 5.73 Å². The predicted octanol–water partition coefficient (Wildman–Crippen LogP) is 2.89. The van der Waals surface area contributed by atoms with Crippen LogP contribution in [0.1, 0.15) is 17.4 Å². The van der Waals surface area contributed by atoms with Crippen LogP contribution in [0.4, 0.5) is 5.88 Å². The summed E-state index contributed by atoms with van der Waals surface area (Å²) in [5.41, 5.74) is 6.70. The number of rotatable bonds is 3. The maximum atomic E-state index is 10.5. The molecule has 1 atom stereocenters. The van der Waals surface area contributed by atoms with E-state index in [9.17, 15) is 10.1 Å². The van der Waals surface area contributed by atoms with Crippen molar-refractivity contribution in [3.63, 3.8) is 0 Å². The molecule has 0 saturated heterocycles. The zero-order valence-corrected chi connectivity index (χ0v) is 9.42. The molecular weight excluding hydrogens is 244 g/mol. The first-order valence-electron chi connectivity index (χ1n) is 4.83. The van der Waals surface area contributed by atoms with Crippen LogP contribution in [-0.2, 0) is 0 Å². The van der Waals surface area contributed by atoms with Gasteiger partial charge in [-0.05, 0) is 23.8 Å². The summed E-state index contributed by atoms with van der Waals surface area (Å²) in [6.45, 7) is 0. The molecule has 0 saturated carbocycles. The van der Waals surface area contributed by atoms with Crippen LogP contribution in [0, 0.1) is 10.1 Å².